The maximum absolute atomic E-state index is 13.3. The molecule has 2 aromatic heterocycles. The molecule has 1 unspecified atom stereocenters. The van der Waals surface area contributed by atoms with Crippen molar-refractivity contribution in [1.29, 1.82) is 0 Å². The van der Waals surface area contributed by atoms with E-state index in [0.29, 0.717) is 18.8 Å². The Bertz CT molecular complexity index is 955. The molecule has 140 valence electrons. The van der Waals surface area contributed by atoms with Crippen molar-refractivity contribution in [3.63, 3.8) is 0 Å². The SMILES string of the molecule is Cc1ccc(-n2nc(C(=O)N3CCNCC3c3nccn3C)cc2C)cc1. The first-order valence-corrected chi connectivity index (χ1v) is 9.17. The van der Waals surface area contributed by atoms with E-state index >= 15 is 0 Å². The lowest BCUT2D eigenvalue weighted by atomic mass is 10.1. The number of nitrogens with one attached hydrogen (secondary N) is 1. The Morgan fingerprint density at radius 2 is 2.00 bits per heavy atom. The molecule has 1 amide bonds. The van der Waals surface area contributed by atoms with Crippen LogP contribution >= 0.6 is 0 Å². The molecule has 7 nitrogen and oxygen atoms in total. The number of rotatable bonds is 3. The van der Waals surface area contributed by atoms with Gasteiger partial charge in [-0.05, 0) is 32.0 Å². The van der Waals surface area contributed by atoms with Crippen LogP contribution in [0.15, 0.2) is 42.7 Å². The lowest BCUT2D eigenvalue weighted by Crippen LogP contribution is -2.49. The van der Waals surface area contributed by atoms with Crippen LogP contribution in [0.5, 0.6) is 0 Å². The number of amides is 1. The molecule has 0 spiro atoms. The molecule has 1 saturated heterocycles. The minimum atomic E-state index is -0.101. The zero-order chi connectivity index (χ0) is 19.0. The van der Waals surface area contributed by atoms with Crippen molar-refractivity contribution >= 4 is 5.91 Å². The fourth-order valence-electron chi connectivity index (χ4n) is 3.55. The third-order valence-corrected chi connectivity index (χ3v) is 5.05. The average molecular weight is 364 g/mol. The number of hydrogen-bond donors (Lipinski definition) is 1. The van der Waals surface area contributed by atoms with Gasteiger partial charge in [-0.1, -0.05) is 17.7 Å². The molecule has 27 heavy (non-hydrogen) atoms. The van der Waals surface area contributed by atoms with E-state index in [-0.39, 0.29) is 11.9 Å². The van der Waals surface area contributed by atoms with Crippen molar-refractivity contribution in [2.45, 2.75) is 19.9 Å². The summed E-state index contributed by atoms with van der Waals surface area (Å²) in [6, 6.07) is 9.89. The lowest BCUT2D eigenvalue weighted by molar-refractivity contribution is 0.0614. The number of carbonyl (C=O) groups is 1. The molecule has 0 saturated carbocycles. The number of piperazine rings is 1. The number of hydrogen-bond acceptors (Lipinski definition) is 4. The monoisotopic (exact) mass is 364 g/mol. The van der Waals surface area contributed by atoms with Gasteiger partial charge in [0.2, 0.25) is 0 Å². The minimum Gasteiger partial charge on any atom is -0.336 e. The van der Waals surface area contributed by atoms with Crippen LogP contribution in [0.2, 0.25) is 0 Å². The van der Waals surface area contributed by atoms with E-state index in [4.69, 9.17) is 0 Å². The maximum atomic E-state index is 13.3. The average Bonchev–Trinajstić information content (AvgIpc) is 3.27. The molecule has 3 heterocycles. The summed E-state index contributed by atoms with van der Waals surface area (Å²) < 4.78 is 3.79. The summed E-state index contributed by atoms with van der Waals surface area (Å²) in [5.41, 5.74) is 3.55. The predicted octanol–water partition coefficient (Wildman–Crippen LogP) is 2.01. The molecule has 1 aromatic carbocycles. The second kappa shape index (κ2) is 7.00. The summed E-state index contributed by atoms with van der Waals surface area (Å²) in [6.45, 7) is 6.11. The molecule has 1 aliphatic heterocycles. The van der Waals surface area contributed by atoms with E-state index in [1.54, 1.807) is 6.20 Å². The number of imidazole rings is 1. The molecule has 1 N–H and O–H groups in total. The van der Waals surface area contributed by atoms with Gasteiger partial charge in [-0.25, -0.2) is 9.67 Å². The second-order valence-corrected chi connectivity index (χ2v) is 7.03. The van der Waals surface area contributed by atoms with Gasteiger partial charge >= 0.3 is 0 Å². The molecule has 0 bridgehead atoms. The standard InChI is InChI=1S/C20H24N6O/c1-14-4-6-16(7-5-14)26-15(2)12-17(23-26)20(27)25-11-8-21-13-18(25)19-22-9-10-24(19)3/h4-7,9-10,12,18,21H,8,11,13H2,1-3H3. The van der Waals surface area contributed by atoms with Crippen LogP contribution in [-0.2, 0) is 7.05 Å². The van der Waals surface area contributed by atoms with Gasteiger partial charge in [0, 0.05) is 44.8 Å². The van der Waals surface area contributed by atoms with Gasteiger partial charge < -0.3 is 14.8 Å². The molecule has 1 fully saturated rings. The highest BCUT2D eigenvalue weighted by molar-refractivity contribution is 5.93. The number of benzene rings is 1. The molecule has 0 aliphatic carbocycles. The molecular formula is C20H24N6O. The van der Waals surface area contributed by atoms with Crippen LogP contribution in [0.4, 0.5) is 0 Å². The summed E-state index contributed by atoms with van der Waals surface area (Å²) in [4.78, 5) is 19.6. The Kier molecular flexibility index (Phi) is 4.53. The summed E-state index contributed by atoms with van der Waals surface area (Å²) >= 11 is 0. The molecular weight excluding hydrogens is 340 g/mol. The second-order valence-electron chi connectivity index (χ2n) is 7.03. The van der Waals surface area contributed by atoms with Crippen LogP contribution < -0.4 is 5.32 Å². The largest absolute Gasteiger partial charge is 0.336 e. The Balaban J connectivity index is 1.64. The fourth-order valence-corrected chi connectivity index (χ4v) is 3.55. The molecule has 0 radical (unpaired) electrons. The van der Waals surface area contributed by atoms with Crippen molar-refractivity contribution in [3.05, 3.63) is 65.5 Å². The van der Waals surface area contributed by atoms with Gasteiger partial charge in [0.1, 0.15) is 11.9 Å². The highest BCUT2D eigenvalue weighted by Gasteiger charge is 2.32. The van der Waals surface area contributed by atoms with Gasteiger partial charge in [0.05, 0.1) is 5.69 Å². The lowest BCUT2D eigenvalue weighted by Gasteiger charge is -2.35. The Hall–Kier alpha value is -2.93. The Morgan fingerprint density at radius 3 is 2.70 bits per heavy atom. The van der Waals surface area contributed by atoms with E-state index in [1.807, 2.05) is 64.6 Å². The third kappa shape index (κ3) is 3.26. The first kappa shape index (κ1) is 17.5. The summed E-state index contributed by atoms with van der Waals surface area (Å²) in [7, 11) is 1.95. The van der Waals surface area contributed by atoms with Gasteiger partial charge in [-0.15, -0.1) is 0 Å². The maximum Gasteiger partial charge on any atom is 0.275 e. The quantitative estimate of drug-likeness (QED) is 0.772. The molecule has 3 aromatic rings. The van der Waals surface area contributed by atoms with Crippen molar-refractivity contribution < 1.29 is 4.79 Å². The highest BCUT2D eigenvalue weighted by atomic mass is 16.2. The summed E-state index contributed by atoms with van der Waals surface area (Å²) in [6.07, 6.45) is 3.67. The van der Waals surface area contributed by atoms with Gasteiger partial charge in [-0.3, -0.25) is 4.79 Å². The van der Waals surface area contributed by atoms with Crippen LogP contribution in [0.3, 0.4) is 0 Å². The topological polar surface area (TPSA) is 68.0 Å². The van der Waals surface area contributed by atoms with Crippen LogP contribution in [0.25, 0.3) is 5.69 Å². The molecule has 4 rings (SSSR count). The molecule has 1 atom stereocenters. The summed E-state index contributed by atoms with van der Waals surface area (Å²) in [5.74, 6) is 0.823. The first-order chi connectivity index (χ1) is 13.0. The Morgan fingerprint density at radius 1 is 1.22 bits per heavy atom. The first-order valence-electron chi connectivity index (χ1n) is 9.17. The normalized spacial score (nSPS) is 17.3. The van der Waals surface area contributed by atoms with E-state index in [2.05, 4.69) is 22.3 Å². The summed E-state index contributed by atoms with van der Waals surface area (Å²) in [5, 5.41) is 7.96. The van der Waals surface area contributed by atoms with Gasteiger partial charge in [0.15, 0.2) is 5.69 Å². The van der Waals surface area contributed by atoms with Crippen molar-refractivity contribution in [2.24, 2.45) is 7.05 Å². The fraction of sp³-hybridized carbons (Fsp3) is 0.350. The van der Waals surface area contributed by atoms with Crippen LogP contribution in [0.1, 0.15) is 33.6 Å². The third-order valence-electron chi connectivity index (χ3n) is 5.05. The number of nitrogens with zero attached hydrogens (tertiary/aromatic N) is 5. The van der Waals surface area contributed by atoms with Crippen LogP contribution in [-0.4, -0.2) is 49.8 Å². The smallest absolute Gasteiger partial charge is 0.275 e. The van der Waals surface area contributed by atoms with E-state index in [0.717, 1.165) is 23.8 Å². The van der Waals surface area contributed by atoms with E-state index in [9.17, 15) is 4.79 Å². The van der Waals surface area contributed by atoms with E-state index < -0.39 is 0 Å². The predicted molar refractivity (Wildman–Crippen MR) is 103 cm³/mol. The zero-order valence-corrected chi connectivity index (χ0v) is 15.9. The molecule has 1 aliphatic rings. The number of aryl methyl sites for hydroxylation is 3. The van der Waals surface area contributed by atoms with Gasteiger partial charge in [0.25, 0.3) is 5.91 Å². The molecule has 7 heteroatoms. The number of carbonyl (C=O) groups excluding carboxylic acids is 1. The minimum absolute atomic E-state index is 0.0570. The van der Waals surface area contributed by atoms with Gasteiger partial charge in [-0.2, -0.15) is 5.10 Å². The van der Waals surface area contributed by atoms with Crippen LogP contribution in [0, 0.1) is 13.8 Å². The zero-order valence-electron chi connectivity index (χ0n) is 15.9. The van der Waals surface area contributed by atoms with E-state index in [1.165, 1.54) is 5.56 Å². The van der Waals surface area contributed by atoms with Crippen molar-refractivity contribution in [2.75, 3.05) is 19.6 Å². The van der Waals surface area contributed by atoms with Crippen molar-refractivity contribution in [3.8, 4) is 5.69 Å². The number of aromatic nitrogens is 4. The Labute approximate surface area is 158 Å². The highest BCUT2D eigenvalue weighted by Crippen LogP contribution is 2.23. The van der Waals surface area contributed by atoms with Crippen molar-refractivity contribution in [1.82, 2.24) is 29.5 Å².